The molecule has 0 radical (unpaired) electrons. The van der Waals surface area contributed by atoms with Crippen molar-refractivity contribution in [3.63, 3.8) is 0 Å². The molecule has 0 bridgehead atoms. The van der Waals surface area contributed by atoms with E-state index >= 15 is 0 Å². The molecular weight excluding hydrogens is 434 g/mol. The zero-order chi connectivity index (χ0) is 22.0. The molecule has 6 nitrogen and oxygen atoms in total. The lowest BCUT2D eigenvalue weighted by atomic mass is 9.91. The van der Waals surface area contributed by atoms with Gasteiger partial charge in [-0.1, -0.05) is 23.7 Å². The van der Waals surface area contributed by atoms with Crippen molar-refractivity contribution < 1.29 is 9.72 Å². The number of carbonyl (C=O) groups excluding carboxylic acids is 1. The zero-order valence-electron chi connectivity index (χ0n) is 17.0. The number of halogens is 1. The Bertz CT molecular complexity index is 1080. The van der Waals surface area contributed by atoms with E-state index in [0.717, 1.165) is 6.42 Å². The molecule has 8 heteroatoms. The summed E-state index contributed by atoms with van der Waals surface area (Å²) in [6, 6.07) is 16.2. The Morgan fingerprint density at radius 2 is 1.90 bits per heavy atom. The van der Waals surface area contributed by atoms with E-state index in [-0.39, 0.29) is 17.6 Å². The number of non-ortho nitro benzene ring substituents is 1. The number of nitrogens with one attached hydrogen (secondary N) is 1. The van der Waals surface area contributed by atoms with Gasteiger partial charge in [0.25, 0.3) is 11.6 Å². The monoisotopic (exact) mass is 455 g/mol. The minimum atomic E-state index is -0.477. The molecule has 0 fully saturated rings. The lowest BCUT2D eigenvalue weighted by molar-refractivity contribution is -0.384. The van der Waals surface area contributed by atoms with Crippen molar-refractivity contribution in [2.24, 2.45) is 0 Å². The number of carbonyl (C=O) groups is 1. The highest BCUT2D eigenvalue weighted by Gasteiger charge is 2.33. The first-order chi connectivity index (χ1) is 14.9. The Hall–Kier alpha value is -2.74. The summed E-state index contributed by atoms with van der Waals surface area (Å²) >= 11 is 7.86. The molecule has 0 aliphatic carbocycles. The van der Waals surface area contributed by atoms with Crippen molar-refractivity contribution in [3.8, 4) is 0 Å². The van der Waals surface area contributed by atoms with E-state index in [4.69, 9.17) is 11.6 Å². The maximum Gasteiger partial charge on any atom is 0.269 e. The van der Waals surface area contributed by atoms with Gasteiger partial charge in [0.05, 0.1) is 11.0 Å². The minimum absolute atomic E-state index is 0.0313. The Labute approximate surface area is 189 Å². The van der Waals surface area contributed by atoms with Crippen LogP contribution in [0.5, 0.6) is 0 Å². The van der Waals surface area contributed by atoms with E-state index in [0.29, 0.717) is 29.7 Å². The summed E-state index contributed by atoms with van der Waals surface area (Å²) in [5.74, 6) is -0.237. The molecule has 0 saturated carbocycles. The van der Waals surface area contributed by atoms with E-state index in [1.54, 1.807) is 11.3 Å². The molecule has 2 atom stereocenters. The molecular formula is C23H22ClN3O3S. The molecule has 2 unspecified atom stereocenters. The number of hydrogen-bond acceptors (Lipinski definition) is 5. The Kier molecular flexibility index (Phi) is 6.36. The topological polar surface area (TPSA) is 75.5 Å². The van der Waals surface area contributed by atoms with Gasteiger partial charge < -0.3 is 5.32 Å². The van der Waals surface area contributed by atoms with Crippen LogP contribution in [0.2, 0.25) is 5.02 Å². The first-order valence-electron chi connectivity index (χ1n) is 10.0. The van der Waals surface area contributed by atoms with Gasteiger partial charge in [-0.15, -0.1) is 11.3 Å². The second-order valence-electron chi connectivity index (χ2n) is 7.62. The molecule has 0 spiro atoms. The molecule has 160 valence electrons. The van der Waals surface area contributed by atoms with Gasteiger partial charge in [-0.2, -0.15) is 0 Å². The fourth-order valence-electron chi connectivity index (χ4n) is 4.07. The molecule has 4 rings (SSSR count). The summed E-state index contributed by atoms with van der Waals surface area (Å²) in [5, 5.41) is 16.6. The summed E-state index contributed by atoms with van der Waals surface area (Å²) in [6.07, 6.45) is 0.971. The zero-order valence-corrected chi connectivity index (χ0v) is 18.5. The normalized spacial score (nSPS) is 18.4. The fourth-order valence-corrected chi connectivity index (χ4v) is 5.28. The molecule has 1 amide bonds. The number of nitrogens with zero attached hydrogens (tertiary/aromatic N) is 2. The van der Waals surface area contributed by atoms with Crippen molar-refractivity contribution >= 4 is 34.5 Å². The highest BCUT2D eigenvalue weighted by Crippen LogP contribution is 2.40. The Morgan fingerprint density at radius 1 is 1.19 bits per heavy atom. The minimum Gasteiger partial charge on any atom is -0.351 e. The standard InChI is InChI=1S/C23H22ClN3O3S/c1-15-14-18-10-13-31-22(18)21(16-2-6-19(24)7-3-16)26(15)12-11-25-23(28)17-4-8-20(9-5-17)27(29)30/h2-10,13,15,21H,11-12,14H2,1H3,(H,25,28). The van der Waals surface area contributed by atoms with Crippen LogP contribution in [0.1, 0.15) is 39.3 Å². The summed E-state index contributed by atoms with van der Waals surface area (Å²) in [5.41, 5.74) is 2.94. The predicted octanol–water partition coefficient (Wildman–Crippen LogP) is 5.08. The van der Waals surface area contributed by atoms with Crippen LogP contribution in [0, 0.1) is 10.1 Å². The van der Waals surface area contributed by atoms with E-state index in [9.17, 15) is 14.9 Å². The van der Waals surface area contributed by atoms with Crippen molar-refractivity contribution in [1.82, 2.24) is 10.2 Å². The first-order valence-corrected chi connectivity index (χ1v) is 11.3. The molecule has 3 aromatic rings. The first kappa shape index (κ1) is 21.5. The highest BCUT2D eigenvalue weighted by atomic mass is 35.5. The third-order valence-corrected chi connectivity index (χ3v) is 6.89. The van der Waals surface area contributed by atoms with E-state index in [2.05, 4.69) is 40.7 Å². The number of rotatable bonds is 6. The number of nitro groups is 1. The number of benzene rings is 2. The Balaban J connectivity index is 1.47. The molecule has 1 aliphatic heterocycles. The summed E-state index contributed by atoms with van der Waals surface area (Å²) in [7, 11) is 0. The second kappa shape index (κ2) is 9.18. The third-order valence-electron chi connectivity index (χ3n) is 5.62. The van der Waals surface area contributed by atoms with Crippen molar-refractivity contribution in [2.45, 2.75) is 25.4 Å². The van der Waals surface area contributed by atoms with Crippen molar-refractivity contribution in [1.29, 1.82) is 0 Å². The third kappa shape index (κ3) is 4.63. The molecule has 31 heavy (non-hydrogen) atoms. The molecule has 2 aromatic carbocycles. The number of hydrogen-bond donors (Lipinski definition) is 1. The molecule has 1 aromatic heterocycles. The van der Waals surface area contributed by atoms with Crippen LogP contribution in [0.4, 0.5) is 5.69 Å². The second-order valence-corrected chi connectivity index (χ2v) is 9.00. The van der Waals surface area contributed by atoms with Crippen LogP contribution in [0.25, 0.3) is 0 Å². The molecule has 1 N–H and O–H groups in total. The van der Waals surface area contributed by atoms with E-state index in [1.807, 2.05) is 12.1 Å². The van der Waals surface area contributed by atoms with Gasteiger partial charge in [0.2, 0.25) is 0 Å². The number of fused-ring (bicyclic) bond motifs is 1. The number of thiophene rings is 1. The van der Waals surface area contributed by atoms with Gasteiger partial charge in [0.1, 0.15) is 0 Å². The maximum absolute atomic E-state index is 12.5. The lowest BCUT2D eigenvalue weighted by Gasteiger charge is -2.41. The van der Waals surface area contributed by atoms with Gasteiger partial charge >= 0.3 is 0 Å². The summed E-state index contributed by atoms with van der Waals surface area (Å²) in [6.45, 7) is 3.37. The maximum atomic E-state index is 12.5. The van der Waals surface area contributed by atoms with Gasteiger partial charge in [-0.25, -0.2) is 0 Å². The average Bonchev–Trinajstić information content (AvgIpc) is 3.22. The smallest absolute Gasteiger partial charge is 0.269 e. The van der Waals surface area contributed by atoms with Crippen LogP contribution >= 0.6 is 22.9 Å². The van der Waals surface area contributed by atoms with Crippen LogP contribution in [-0.2, 0) is 6.42 Å². The predicted molar refractivity (Wildman–Crippen MR) is 123 cm³/mol. The van der Waals surface area contributed by atoms with Crippen LogP contribution in [0.3, 0.4) is 0 Å². The van der Waals surface area contributed by atoms with Gasteiger partial charge in [0.15, 0.2) is 0 Å². The number of nitro benzene ring substituents is 1. The van der Waals surface area contributed by atoms with Gasteiger partial charge in [0, 0.05) is 46.7 Å². The lowest BCUT2D eigenvalue weighted by Crippen LogP contribution is -2.45. The summed E-state index contributed by atoms with van der Waals surface area (Å²) in [4.78, 5) is 26.5. The van der Waals surface area contributed by atoms with E-state index < -0.39 is 4.92 Å². The molecule has 0 saturated heterocycles. The van der Waals surface area contributed by atoms with Crippen molar-refractivity contribution in [3.05, 3.63) is 96.7 Å². The molecule has 1 aliphatic rings. The fraction of sp³-hybridized carbons (Fsp3) is 0.261. The van der Waals surface area contributed by atoms with Crippen LogP contribution < -0.4 is 5.32 Å². The Morgan fingerprint density at radius 3 is 2.58 bits per heavy atom. The molecule has 2 heterocycles. The SMILES string of the molecule is CC1Cc2ccsc2C(c2ccc(Cl)cc2)N1CCNC(=O)c1ccc([N+](=O)[O-])cc1. The number of amides is 1. The summed E-state index contributed by atoms with van der Waals surface area (Å²) < 4.78 is 0. The quantitative estimate of drug-likeness (QED) is 0.415. The average molecular weight is 456 g/mol. The highest BCUT2D eigenvalue weighted by molar-refractivity contribution is 7.10. The van der Waals surface area contributed by atoms with Gasteiger partial charge in [-0.05, 0) is 60.2 Å². The van der Waals surface area contributed by atoms with Gasteiger partial charge in [-0.3, -0.25) is 19.8 Å². The largest absolute Gasteiger partial charge is 0.351 e. The van der Waals surface area contributed by atoms with Crippen LogP contribution in [0.15, 0.2) is 60.0 Å². The van der Waals surface area contributed by atoms with E-state index in [1.165, 1.54) is 40.3 Å². The van der Waals surface area contributed by atoms with Crippen LogP contribution in [-0.4, -0.2) is 34.9 Å². The van der Waals surface area contributed by atoms with Crippen molar-refractivity contribution in [2.75, 3.05) is 13.1 Å².